The summed E-state index contributed by atoms with van der Waals surface area (Å²) in [4.78, 5) is 13.6. The number of anilines is 1. The number of hydrogen-bond acceptors (Lipinski definition) is 5. The van der Waals surface area contributed by atoms with Crippen molar-refractivity contribution < 1.29 is 15.0 Å². The van der Waals surface area contributed by atoms with Crippen molar-refractivity contribution >= 4 is 34.8 Å². The zero-order chi connectivity index (χ0) is 15.3. The SMILES string of the molecule is CN(C)C(O)C(=O)N(NC(Cl)CO)c1ccccc1Cl. The van der Waals surface area contributed by atoms with Gasteiger partial charge in [-0.2, -0.15) is 0 Å². The van der Waals surface area contributed by atoms with Crippen molar-refractivity contribution in [3.63, 3.8) is 0 Å². The normalized spacial score (nSPS) is 14.2. The number of nitrogens with zero attached hydrogens (tertiary/aromatic N) is 2. The molecule has 1 aromatic rings. The van der Waals surface area contributed by atoms with Gasteiger partial charge in [-0.25, -0.2) is 10.4 Å². The first-order chi connectivity index (χ1) is 9.38. The van der Waals surface area contributed by atoms with Crippen molar-refractivity contribution in [2.75, 3.05) is 25.7 Å². The first kappa shape index (κ1) is 17.2. The lowest BCUT2D eigenvalue weighted by Gasteiger charge is -2.30. The van der Waals surface area contributed by atoms with Crippen LogP contribution in [0.2, 0.25) is 5.02 Å². The predicted molar refractivity (Wildman–Crippen MR) is 78.5 cm³/mol. The summed E-state index contributed by atoms with van der Waals surface area (Å²) in [6, 6.07) is 6.59. The maximum Gasteiger partial charge on any atom is 0.285 e. The quantitative estimate of drug-likeness (QED) is 0.310. The molecule has 20 heavy (non-hydrogen) atoms. The zero-order valence-corrected chi connectivity index (χ0v) is 12.6. The fraction of sp³-hybridized carbons (Fsp3) is 0.417. The van der Waals surface area contributed by atoms with Crippen molar-refractivity contribution in [3.05, 3.63) is 29.3 Å². The van der Waals surface area contributed by atoms with Gasteiger partial charge in [-0.1, -0.05) is 23.7 Å². The number of nitrogens with one attached hydrogen (secondary N) is 1. The number of likely N-dealkylation sites (N-methyl/N-ethyl adjacent to an activating group) is 1. The number of para-hydroxylation sites is 1. The molecule has 3 N–H and O–H groups in total. The number of alkyl halides is 1. The number of aliphatic hydroxyl groups excluding tert-OH is 2. The van der Waals surface area contributed by atoms with E-state index >= 15 is 0 Å². The second-order valence-electron chi connectivity index (χ2n) is 4.24. The average molecular weight is 322 g/mol. The van der Waals surface area contributed by atoms with Gasteiger partial charge in [0.15, 0.2) is 6.23 Å². The van der Waals surface area contributed by atoms with Crippen LogP contribution in [0, 0.1) is 0 Å². The molecule has 0 fully saturated rings. The lowest BCUT2D eigenvalue weighted by atomic mass is 10.3. The first-order valence-corrected chi connectivity index (χ1v) is 6.64. The van der Waals surface area contributed by atoms with Crippen LogP contribution in [0.1, 0.15) is 0 Å². The molecule has 0 spiro atoms. The number of benzene rings is 1. The van der Waals surface area contributed by atoms with Gasteiger partial charge in [0, 0.05) is 0 Å². The first-order valence-electron chi connectivity index (χ1n) is 5.82. The lowest BCUT2D eigenvalue weighted by molar-refractivity contribution is -0.134. The van der Waals surface area contributed by atoms with Crippen LogP contribution in [0.15, 0.2) is 24.3 Å². The van der Waals surface area contributed by atoms with Gasteiger partial charge in [0.2, 0.25) is 0 Å². The second-order valence-corrected chi connectivity index (χ2v) is 5.18. The third-order valence-electron chi connectivity index (χ3n) is 2.45. The van der Waals surface area contributed by atoms with Crippen LogP contribution in [-0.4, -0.2) is 53.5 Å². The lowest BCUT2D eigenvalue weighted by Crippen LogP contribution is -2.54. The summed E-state index contributed by atoms with van der Waals surface area (Å²) in [7, 11) is 3.11. The van der Waals surface area contributed by atoms with Crippen molar-refractivity contribution in [2.45, 2.75) is 11.7 Å². The number of carbonyl (C=O) groups is 1. The largest absolute Gasteiger partial charge is 0.393 e. The van der Waals surface area contributed by atoms with Crippen LogP contribution in [0.5, 0.6) is 0 Å². The van der Waals surface area contributed by atoms with E-state index in [-0.39, 0.29) is 0 Å². The van der Waals surface area contributed by atoms with E-state index in [0.717, 1.165) is 5.01 Å². The molecule has 0 aliphatic carbocycles. The fourth-order valence-electron chi connectivity index (χ4n) is 1.40. The summed E-state index contributed by atoms with van der Waals surface area (Å²) < 4.78 is 0. The molecular weight excluding hydrogens is 305 g/mol. The van der Waals surface area contributed by atoms with Gasteiger partial charge in [0.1, 0.15) is 5.50 Å². The summed E-state index contributed by atoms with van der Waals surface area (Å²) in [6.45, 7) is -0.395. The summed E-state index contributed by atoms with van der Waals surface area (Å²) in [5.74, 6) is -0.665. The molecule has 2 unspecified atom stereocenters. The average Bonchev–Trinajstić information content (AvgIpc) is 2.43. The topological polar surface area (TPSA) is 76.0 Å². The Morgan fingerprint density at radius 1 is 1.40 bits per heavy atom. The van der Waals surface area contributed by atoms with Gasteiger partial charge in [-0.15, -0.1) is 11.6 Å². The molecule has 1 aromatic carbocycles. The van der Waals surface area contributed by atoms with Crippen LogP contribution in [0.3, 0.4) is 0 Å². The van der Waals surface area contributed by atoms with E-state index in [4.69, 9.17) is 28.3 Å². The highest BCUT2D eigenvalue weighted by molar-refractivity contribution is 6.33. The highest BCUT2D eigenvalue weighted by Crippen LogP contribution is 2.25. The van der Waals surface area contributed by atoms with E-state index in [1.165, 1.54) is 4.90 Å². The van der Waals surface area contributed by atoms with Crippen LogP contribution < -0.4 is 10.4 Å². The van der Waals surface area contributed by atoms with Gasteiger partial charge in [-0.05, 0) is 26.2 Å². The molecule has 0 radical (unpaired) electrons. The minimum atomic E-state index is -1.37. The Morgan fingerprint density at radius 3 is 2.50 bits per heavy atom. The van der Waals surface area contributed by atoms with Gasteiger partial charge < -0.3 is 10.2 Å². The second kappa shape index (κ2) is 7.78. The Labute approximate surface area is 127 Å². The van der Waals surface area contributed by atoms with Gasteiger partial charge in [0.05, 0.1) is 17.3 Å². The van der Waals surface area contributed by atoms with E-state index in [1.54, 1.807) is 38.4 Å². The molecule has 0 heterocycles. The van der Waals surface area contributed by atoms with Gasteiger partial charge >= 0.3 is 0 Å². The molecule has 6 nitrogen and oxygen atoms in total. The molecule has 0 bridgehead atoms. The molecule has 0 saturated carbocycles. The molecule has 0 aliphatic heterocycles. The van der Waals surface area contributed by atoms with Crippen LogP contribution in [-0.2, 0) is 4.79 Å². The number of amides is 1. The number of hydrogen-bond donors (Lipinski definition) is 3. The summed E-state index contributed by atoms with van der Waals surface area (Å²) >= 11 is 11.8. The Morgan fingerprint density at radius 2 is 2.00 bits per heavy atom. The third-order valence-corrected chi connectivity index (χ3v) is 3.01. The monoisotopic (exact) mass is 321 g/mol. The van der Waals surface area contributed by atoms with Gasteiger partial charge in [0.25, 0.3) is 5.91 Å². The molecule has 112 valence electrons. The zero-order valence-electron chi connectivity index (χ0n) is 11.1. The molecule has 1 rings (SSSR count). The molecule has 2 atom stereocenters. The number of carbonyl (C=O) groups excluding carboxylic acids is 1. The molecule has 0 aromatic heterocycles. The smallest absolute Gasteiger partial charge is 0.285 e. The Balaban J connectivity index is 3.09. The number of halogens is 2. The molecular formula is C12H17Cl2N3O3. The van der Waals surface area contributed by atoms with E-state index in [9.17, 15) is 9.90 Å². The third kappa shape index (κ3) is 4.31. The summed E-state index contributed by atoms with van der Waals surface area (Å²) in [5, 5.41) is 20.2. The molecule has 8 heteroatoms. The Hall–Kier alpha value is -0.890. The molecule has 0 aliphatic rings. The van der Waals surface area contributed by atoms with E-state index in [2.05, 4.69) is 5.43 Å². The minimum absolute atomic E-state index is 0.307. The van der Waals surface area contributed by atoms with Crippen LogP contribution in [0.4, 0.5) is 5.69 Å². The highest BCUT2D eigenvalue weighted by atomic mass is 35.5. The van der Waals surface area contributed by atoms with Crippen LogP contribution >= 0.6 is 23.2 Å². The van der Waals surface area contributed by atoms with Gasteiger partial charge in [-0.3, -0.25) is 9.69 Å². The van der Waals surface area contributed by atoms with Crippen molar-refractivity contribution in [1.82, 2.24) is 10.3 Å². The van der Waals surface area contributed by atoms with E-state index in [1.807, 2.05) is 0 Å². The highest BCUT2D eigenvalue weighted by Gasteiger charge is 2.28. The number of rotatable bonds is 6. The maximum atomic E-state index is 12.3. The fourth-order valence-corrected chi connectivity index (χ4v) is 1.72. The van der Waals surface area contributed by atoms with Crippen molar-refractivity contribution in [2.24, 2.45) is 0 Å². The predicted octanol–water partition coefficient (Wildman–Crippen LogP) is 0.615. The van der Waals surface area contributed by atoms with Crippen LogP contribution in [0.25, 0.3) is 0 Å². The molecule has 1 amide bonds. The van der Waals surface area contributed by atoms with E-state index in [0.29, 0.717) is 10.7 Å². The Bertz CT molecular complexity index is 459. The minimum Gasteiger partial charge on any atom is -0.393 e. The van der Waals surface area contributed by atoms with E-state index < -0.39 is 24.2 Å². The summed E-state index contributed by atoms with van der Waals surface area (Å²) in [5.41, 5.74) is 2.02. The van der Waals surface area contributed by atoms with Crippen molar-refractivity contribution in [1.29, 1.82) is 0 Å². The number of aliphatic hydroxyl groups is 2. The standard InChI is InChI=1S/C12H17Cl2N3O3/c1-16(2)11(19)12(20)17(15-10(14)7-18)9-6-4-3-5-8(9)13/h3-6,10-11,15,18-19H,7H2,1-2H3. The van der Waals surface area contributed by atoms with Crippen molar-refractivity contribution in [3.8, 4) is 0 Å². The molecule has 0 saturated heterocycles. The maximum absolute atomic E-state index is 12.3. The number of hydrazine groups is 1. The Kier molecular flexibility index (Phi) is 6.67. The summed E-state index contributed by atoms with van der Waals surface area (Å²) in [6.07, 6.45) is -1.37.